The number of sulfonamides is 1. The molecule has 9 nitrogen and oxygen atoms in total. The van der Waals surface area contributed by atoms with Crippen molar-refractivity contribution < 1.29 is 31.9 Å². The van der Waals surface area contributed by atoms with Crippen molar-refractivity contribution in [1.82, 2.24) is 10.2 Å². The zero-order chi connectivity index (χ0) is 31.5. The van der Waals surface area contributed by atoms with Crippen LogP contribution < -0.4 is 19.5 Å². The number of ether oxygens (including phenoxy) is 2. The van der Waals surface area contributed by atoms with Crippen LogP contribution >= 0.6 is 0 Å². The topological polar surface area (TPSA) is 114 Å². The van der Waals surface area contributed by atoms with Crippen molar-refractivity contribution in [1.29, 1.82) is 0 Å². The normalized spacial score (nSPS) is 11.7. The van der Waals surface area contributed by atoms with E-state index < -0.39 is 27.8 Å². The van der Waals surface area contributed by atoms with Gasteiger partial charge in [0.05, 0.1) is 12.0 Å². The molecule has 0 heterocycles. The summed E-state index contributed by atoms with van der Waals surface area (Å²) in [5.74, 6) is -0.278. The van der Waals surface area contributed by atoms with Crippen molar-refractivity contribution in [2.24, 2.45) is 0 Å². The van der Waals surface area contributed by atoms with Gasteiger partial charge in [0.1, 0.15) is 23.4 Å². The highest BCUT2D eigenvalue weighted by Crippen LogP contribution is 2.20. The van der Waals surface area contributed by atoms with Gasteiger partial charge in [0, 0.05) is 18.8 Å². The van der Waals surface area contributed by atoms with E-state index in [1.807, 2.05) is 42.5 Å². The number of rotatable bonds is 14. The molecule has 2 N–H and O–H groups in total. The Morgan fingerprint density at radius 3 is 2.11 bits per heavy atom. The van der Waals surface area contributed by atoms with Gasteiger partial charge in [0.2, 0.25) is 5.91 Å². The summed E-state index contributed by atoms with van der Waals surface area (Å²) in [6.45, 7) is 1.86. The van der Waals surface area contributed by atoms with Gasteiger partial charge in [-0.3, -0.25) is 14.3 Å². The van der Waals surface area contributed by atoms with Crippen molar-refractivity contribution >= 4 is 27.5 Å². The van der Waals surface area contributed by atoms with Gasteiger partial charge in [-0.2, -0.15) is 0 Å². The highest BCUT2D eigenvalue weighted by atomic mass is 32.2. The van der Waals surface area contributed by atoms with Gasteiger partial charge in [0.25, 0.3) is 15.9 Å². The first-order chi connectivity index (χ1) is 21.1. The quantitative estimate of drug-likeness (QED) is 0.210. The minimum absolute atomic E-state index is 0.0394. The number of nitrogens with zero attached hydrogens (tertiary/aromatic N) is 1. The average Bonchev–Trinajstić information content (AvgIpc) is 3.04. The molecule has 0 fully saturated rings. The summed E-state index contributed by atoms with van der Waals surface area (Å²) >= 11 is 0. The fourth-order valence-corrected chi connectivity index (χ4v) is 5.37. The molecule has 0 radical (unpaired) electrons. The van der Waals surface area contributed by atoms with Gasteiger partial charge in [-0.1, -0.05) is 42.5 Å². The second-order valence-electron chi connectivity index (χ2n) is 9.94. The average molecular weight is 620 g/mol. The Morgan fingerprint density at radius 1 is 0.841 bits per heavy atom. The molecule has 44 heavy (non-hydrogen) atoms. The molecular formula is C33H34FN3O6S. The van der Waals surface area contributed by atoms with Gasteiger partial charge in [0.15, 0.2) is 6.61 Å². The Balaban J connectivity index is 1.40. The molecule has 0 aliphatic rings. The van der Waals surface area contributed by atoms with E-state index in [9.17, 15) is 22.4 Å². The number of carbonyl (C=O) groups is 2. The summed E-state index contributed by atoms with van der Waals surface area (Å²) in [6.07, 6.45) is 0.653. The molecule has 2 amide bonds. The molecule has 11 heteroatoms. The zero-order valence-electron chi connectivity index (χ0n) is 24.4. The number of halogens is 1. The Morgan fingerprint density at radius 2 is 1.48 bits per heavy atom. The van der Waals surface area contributed by atoms with Crippen molar-refractivity contribution in [3.8, 4) is 11.5 Å². The molecular weight excluding hydrogens is 585 g/mol. The van der Waals surface area contributed by atoms with E-state index in [0.29, 0.717) is 18.7 Å². The lowest BCUT2D eigenvalue weighted by molar-refractivity contribution is -0.142. The maximum atomic E-state index is 13.4. The summed E-state index contributed by atoms with van der Waals surface area (Å²) in [7, 11) is -2.37. The lowest BCUT2D eigenvalue weighted by Crippen LogP contribution is -2.49. The molecule has 0 bridgehead atoms. The summed E-state index contributed by atoms with van der Waals surface area (Å²) in [6, 6.07) is 26.6. The number of amides is 2. The molecule has 4 rings (SSSR count). The molecule has 0 spiro atoms. The number of methoxy groups -OCH3 is 1. The first kappa shape index (κ1) is 32.0. The van der Waals surface area contributed by atoms with Gasteiger partial charge in [-0.25, -0.2) is 12.8 Å². The van der Waals surface area contributed by atoms with Gasteiger partial charge in [-0.15, -0.1) is 0 Å². The molecule has 0 unspecified atom stereocenters. The third-order valence-corrected chi connectivity index (χ3v) is 8.22. The van der Waals surface area contributed by atoms with Gasteiger partial charge < -0.3 is 19.7 Å². The van der Waals surface area contributed by atoms with Crippen LogP contribution in [0.1, 0.15) is 18.1 Å². The number of nitrogens with one attached hydrogen (secondary N) is 2. The van der Waals surface area contributed by atoms with Gasteiger partial charge in [-0.05, 0) is 85.1 Å². The Labute approximate surface area is 256 Å². The maximum absolute atomic E-state index is 13.4. The van der Waals surface area contributed by atoms with Crippen LogP contribution in [0.2, 0.25) is 0 Å². The molecule has 0 aliphatic heterocycles. The number of hydrogen-bond acceptors (Lipinski definition) is 6. The second-order valence-corrected chi connectivity index (χ2v) is 11.6. The van der Waals surface area contributed by atoms with Crippen molar-refractivity contribution in [2.45, 2.75) is 30.8 Å². The Kier molecular flexibility index (Phi) is 10.9. The minimum Gasteiger partial charge on any atom is -0.497 e. The van der Waals surface area contributed by atoms with Crippen LogP contribution in [0, 0.1) is 5.82 Å². The number of anilines is 1. The summed E-state index contributed by atoms with van der Waals surface area (Å²) in [5, 5.41) is 2.91. The van der Waals surface area contributed by atoms with E-state index in [4.69, 9.17) is 9.47 Å². The predicted molar refractivity (Wildman–Crippen MR) is 165 cm³/mol. The monoisotopic (exact) mass is 619 g/mol. The van der Waals surface area contributed by atoms with E-state index in [0.717, 1.165) is 23.3 Å². The second kappa shape index (κ2) is 15.0. The van der Waals surface area contributed by atoms with Crippen LogP contribution in [0.4, 0.5) is 10.1 Å². The fourth-order valence-electron chi connectivity index (χ4n) is 4.31. The van der Waals surface area contributed by atoms with Crippen molar-refractivity contribution in [3.05, 3.63) is 120 Å². The SMILES string of the molecule is COc1ccc(CN(C(=O)COc2ccc(S(=O)(=O)Nc3ccc(F)cc3)cc2)[C@@H](C)C(=O)NCCc2ccccc2)cc1. The third-order valence-electron chi connectivity index (χ3n) is 6.83. The Bertz CT molecular complexity index is 1630. The van der Waals surface area contributed by atoms with E-state index >= 15 is 0 Å². The molecule has 230 valence electrons. The lowest BCUT2D eigenvalue weighted by atomic mass is 10.1. The van der Waals surface area contributed by atoms with E-state index in [-0.39, 0.29) is 35.4 Å². The van der Waals surface area contributed by atoms with Crippen LogP contribution in [-0.4, -0.2) is 51.4 Å². The molecule has 4 aromatic rings. The van der Waals surface area contributed by atoms with Crippen molar-refractivity contribution in [3.63, 3.8) is 0 Å². The Hall–Kier alpha value is -4.90. The minimum atomic E-state index is -3.93. The summed E-state index contributed by atoms with van der Waals surface area (Å²) in [5.41, 5.74) is 2.10. The molecule has 4 aromatic carbocycles. The predicted octanol–water partition coefficient (Wildman–Crippen LogP) is 4.79. The molecule has 0 saturated heterocycles. The zero-order valence-corrected chi connectivity index (χ0v) is 25.2. The molecule has 0 saturated carbocycles. The summed E-state index contributed by atoms with van der Waals surface area (Å²) < 4.78 is 51.9. The highest BCUT2D eigenvalue weighted by molar-refractivity contribution is 7.92. The van der Waals surface area contributed by atoms with Crippen LogP contribution in [-0.2, 0) is 32.6 Å². The van der Waals surface area contributed by atoms with Crippen LogP contribution in [0.5, 0.6) is 11.5 Å². The van der Waals surface area contributed by atoms with Crippen LogP contribution in [0.15, 0.2) is 108 Å². The molecule has 0 aliphatic carbocycles. The maximum Gasteiger partial charge on any atom is 0.261 e. The summed E-state index contributed by atoms with van der Waals surface area (Å²) in [4.78, 5) is 27.9. The largest absolute Gasteiger partial charge is 0.497 e. The molecule has 0 aromatic heterocycles. The third kappa shape index (κ3) is 9.05. The highest BCUT2D eigenvalue weighted by Gasteiger charge is 2.26. The van der Waals surface area contributed by atoms with Crippen LogP contribution in [0.25, 0.3) is 0 Å². The smallest absolute Gasteiger partial charge is 0.261 e. The van der Waals surface area contributed by atoms with E-state index in [1.54, 1.807) is 26.2 Å². The first-order valence-electron chi connectivity index (χ1n) is 13.9. The number of carbonyl (C=O) groups excluding carboxylic acids is 2. The van der Waals surface area contributed by atoms with E-state index in [1.165, 1.54) is 41.3 Å². The number of benzene rings is 4. The number of hydrogen-bond donors (Lipinski definition) is 2. The van der Waals surface area contributed by atoms with Gasteiger partial charge >= 0.3 is 0 Å². The fraction of sp³-hybridized carbons (Fsp3) is 0.212. The standard InChI is InChI=1S/C33H34FN3O6S/c1-24(33(39)35-21-20-25-6-4-3-5-7-25)37(22-26-8-14-29(42-2)15-9-26)32(38)23-43-30-16-18-31(19-17-30)44(40,41)36-28-12-10-27(34)11-13-28/h3-19,24,36H,20-23H2,1-2H3,(H,35,39)/t24-/m0/s1. The van der Waals surface area contributed by atoms with Crippen LogP contribution in [0.3, 0.4) is 0 Å². The molecule has 1 atom stereocenters. The van der Waals surface area contributed by atoms with Crippen molar-refractivity contribution in [2.75, 3.05) is 25.0 Å². The van der Waals surface area contributed by atoms with E-state index in [2.05, 4.69) is 10.0 Å². The first-order valence-corrected chi connectivity index (χ1v) is 15.4. The lowest BCUT2D eigenvalue weighted by Gasteiger charge is -2.29.